The van der Waals surface area contributed by atoms with Gasteiger partial charge in [0, 0.05) is 5.56 Å². The van der Waals surface area contributed by atoms with Crippen molar-refractivity contribution in [1.29, 1.82) is 0 Å². The summed E-state index contributed by atoms with van der Waals surface area (Å²) in [6.45, 7) is 10.8. The predicted molar refractivity (Wildman–Crippen MR) is 82.8 cm³/mol. The van der Waals surface area contributed by atoms with Crippen LogP contribution in [0.3, 0.4) is 0 Å². The highest BCUT2D eigenvalue weighted by Crippen LogP contribution is 2.43. The van der Waals surface area contributed by atoms with Crippen LogP contribution in [-0.4, -0.2) is 28.8 Å². The normalized spacial score (nSPS) is 11.9. The average molecular weight is 296 g/mol. The number of ether oxygens (including phenoxy) is 2. The second kappa shape index (κ2) is 5.87. The van der Waals surface area contributed by atoms with Gasteiger partial charge in [0.2, 0.25) is 5.75 Å². The van der Waals surface area contributed by atoms with E-state index < -0.39 is 8.32 Å². The van der Waals surface area contributed by atoms with Crippen molar-refractivity contribution in [3.63, 3.8) is 0 Å². The van der Waals surface area contributed by atoms with Gasteiger partial charge in [-0.3, -0.25) is 4.79 Å². The topological polar surface area (TPSA) is 44.8 Å². The van der Waals surface area contributed by atoms with Crippen LogP contribution in [0.4, 0.5) is 0 Å². The first-order valence-corrected chi connectivity index (χ1v) is 9.47. The maximum atomic E-state index is 11.0. The van der Waals surface area contributed by atoms with Gasteiger partial charge in [0.15, 0.2) is 11.5 Å². The zero-order valence-electron chi connectivity index (χ0n) is 13.4. The molecular weight excluding hydrogens is 272 g/mol. The van der Waals surface area contributed by atoms with E-state index in [1.54, 1.807) is 26.4 Å². The fourth-order valence-electron chi connectivity index (χ4n) is 1.52. The van der Waals surface area contributed by atoms with Crippen molar-refractivity contribution in [3.05, 3.63) is 17.7 Å². The number of benzene rings is 1. The molecule has 0 N–H and O–H groups in total. The number of methoxy groups -OCH3 is 2. The summed E-state index contributed by atoms with van der Waals surface area (Å²) in [7, 11) is 1.09. The van der Waals surface area contributed by atoms with Gasteiger partial charge in [-0.1, -0.05) is 20.8 Å². The van der Waals surface area contributed by atoms with E-state index in [1.165, 1.54) is 0 Å². The Balaban J connectivity index is 3.33. The van der Waals surface area contributed by atoms with Crippen LogP contribution < -0.4 is 13.9 Å². The third kappa shape index (κ3) is 3.33. The summed E-state index contributed by atoms with van der Waals surface area (Å²) in [6, 6.07) is 3.35. The highest BCUT2D eigenvalue weighted by atomic mass is 28.4. The zero-order valence-corrected chi connectivity index (χ0v) is 14.4. The van der Waals surface area contributed by atoms with Gasteiger partial charge < -0.3 is 13.9 Å². The van der Waals surface area contributed by atoms with Gasteiger partial charge in [-0.05, 0) is 30.3 Å². The fourth-order valence-corrected chi connectivity index (χ4v) is 2.53. The van der Waals surface area contributed by atoms with Gasteiger partial charge in [0.25, 0.3) is 8.32 Å². The molecule has 0 aliphatic rings. The van der Waals surface area contributed by atoms with Gasteiger partial charge in [0.1, 0.15) is 6.29 Å². The summed E-state index contributed by atoms with van der Waals surface area (Å²) < 4.78 is 16.9. The van der Waals surface area contributed by atoms with Crippen LogP contribution >= 0.6 is 0 Å². The van der Waals surface area contributed by atoms with Gasteiger partial charge in [-0.2, -0.15) is 0 Å². The van der Waals surface area contributed by atoms with Crippen molar-refractivity contribution in [1.82, 2.24) is 0 Å². The minimum absolute atomic E-state index is 0.0580. The molecule has 1 aromatic rings. The summed E-state index contributed by atoms with van der Waals surface area (Å²) in [6.07, 6.45) is 0.778. The van der Waals surface area contributed by atoms with Gasteiger partial charge in [-0.15, -0.1) is 0 Å². The van der Waals surface area contributed by atoms with Crippen molar-refractivity contribution in [2.45, 2.75) is 38.9 Å². The van der Waals surface area contributed by atoms with E-state index in [9.17, 15) is 4.79 Å². The largest absolute Gasteiger partial charge is 0.541 e. The maximum absolute atomic E-state index is 11.0. The second-order valence-corrected chi connectivity index (χ2v) is 11.0. The Morgan fingerprint density at radius 3 is 2.00 bits per heavy atom. The first-order valence-electron chi connectivity index (χ1n) is 6.56. The molecule has 1 aromatic carbocycles. The molecule has 0 bridgehead atoms. The number of carbonyl (C=O) groups is 1. The summed E-state index contributed by atoms with van der Waals surface area (Å²) in [5.41, 5.74) is 0.511. The molecule has 0 aliphatic heterocycles. The Labute approximate surface area is 122 Å². The molecule has 0 atom stereocenters. The smallest absolute Gasteiger partial charge is 0.250 e. The molecule has 0 spiro atoms. The van der Waals surface area contributed by atoms with Gasteiger partial charge in [-0.25, -0.2) is 0 Å². The lowest BCUT2D eigenvalue weighted by Crippen LogP contribution is -2.44. The highest BCUT2D eigenvalue weighted by molar-refractivity contribution is 6.74. The lowest BCUT2D eigenvalue weighted by molar-refractivity contribution is 0.112. The molecular formula is C15H24O4Si. The average Bonchev–Trinajstić information content (AvgIpc) is 2.35. The van der Waals surface area contributed by atoms with Crippen LogP contribution in [0.1, 0.15) is 31.1 Å². The highest BCUT2D eigenvalue weighted by Gasteiger charge is 2.39. The monoisotopic (exact) mass is 296 g/mol. The van der Waals surface area contributed by atoms with Crippen LogP contribution in [0.2, 0.25) is 18.1 Å². The first-order chi connectivity index (χ1) is 9.16. The van der Waals surface area contributed by atoms with Crippen LogP contribution in [-0.2, 0) is 0 Å². The molecule has 0 amide bonds. The number of hydrogen-bond donors (Lipinski definition) is 0. The molecule has 0 aromatic heterocycles. The number of carbonyl (C=O) groups excluding carboxylic acids is 1. The van der Waals surface area contributed by atoms with Crippen molar-refractivity contribution in [3.8, 4) is 17.2 Å². The second-order valence-electron chi connectivity index (χ2n) is 6.23. The Morgan fingerprint density at radius 1 is 1.05 bits per heavy atom. The summed E-state index contributed by atoms with van der Waals surface area (Å²) in [5.74, 6) is 1.61. The predicted octanol–water partition coefficient (Wildman–Crippen LogP) is 3.90. The van der Waals surface area contributed by atoms with Crippen LogP contribution in [0.5, 0.6) is 17.2 Å². The van der Waals surface area contributed by atoms with Crippen molar-refractivity contribution in [2.75, 3.05) is 14.2 Å². The molecule has 0 saturated heterocycles. The van der Waals surface area contributed by atoms with E-state index in [-0.39, 0.29) is 5.04 Å². The Morgan fingerprint density at radius 2 is 1.60 bits per heavy atom. The molecule has 0 saturated carbocycles. The SMILES string of the molecule is COc1cc(C=O)cc(O[Si](C)(C)C(C)(C)C)c1OC. The van der Waals surface area contributed by atoms with Crippen LogP contribution in [0.15, 0.2) is 12.1 Å². The minimum Gasteiger partial charge on any atom is -0.541 e. The molecule has 0 aliphatic carbocycles. The van der Waals surface area contributed by atoms with Crippen LogP contribution in [0, 0.1) is 0 Å². The summed E-state index contributed by atoms with van der Waals surface area (Å²) in [4.78, 5) is 11.0. The number of hydrogen-bond acceptors (Lipinski definition) is 4. The van der Waals surface area contributed by atoms with E-state index in [0.717, 1.165) is 6.29 Å². The lowest BCUT2D eigenvalue weighted by atomic mass is 10.2. The van der Waals surface area contributed by atoms with Gasteiger partial charge >= 0.3 is 0 Å². The molecule has 20 heavy (non-hydrogen) atoms. The maximum Gasteiger partial charge on any atom is 0.250 e. The van der Waals surface area contributed by atoms with E-state index in [1.807, 2.05) is 0 Å². The molecule has 112 valence electrons. The lowest BCUT2D eigenvalue weighted by Gasteiger charge is -2.37. The number of rotatable bonds is 5. The summed E-state index contributed by atoms with van der Waals surface area (Å²) in [5, 5.41) is 0.0580. The van der Waals surface area contributed by atoms with Crippen molar-refractivity contribution >= 4 is 14.6 Å². The molecule has 0 heterocycles. The fraction of sp³-hybridized carbons (Fsp3) is 0.533. The van der Waals surface area contributed by atoms with Crippen molar-refractivity contribution in [2.24, 2.45) is 0 Å². The third-order valence-electron chi connectivity index (χ3n) is 3.77. The van der Waals surface area contributed by atoms with E-state index in [4.69, 9.17) is 13.9 Å². The molecule has 5 heteroatoms. The summed E-state index contributed by atoms with van der Waals surface area (Å²) >= 11 is 0. The van der Waals surface area contributed by atoms with E-state index in [2.05, 4.69) is 33.9 Å². The zero-order chi connectivity index (χ0) is 15.6. The Kier molecular flexibility index (Phi) is 4.86. The van der Waals surface area contributed by atoms with Crippen LogP contribution in [0.25, 0.3) is 0 Å². The Hall–Kier alpha value is -1.49. The minimum atomic E-state index is -2.02. The third-order valence-corrected chi connectivity index (χ3v) is 8.12. The van der Waals surface area contributed by atoms with Crippen molar-refractivity contribution < 1.29 is 18.7 Å². The number of aldehydes is 1. The standard InChI is InChI=1S/C15H24O4Si/c1-15(2,3)20(6,7)19-13-9-11(10-16)8-12(17-4)14(13)18-5/h8-10H,1-7H3. The quantitative estimate of drug-likeness (QED) is 0.610. The first kappa shape index (κ1) is 16.6. The molecule has 0 fully saturated rings. The van der Waals surface area contributed by atoms with Gasteiger partial charge in [0.05, 0.1) is 14.2 Å². The van der Waals surface area contributed by atoms with E-state index in [0.29, 0.717) is 22.8 Å². The molecule has 0 unspecified atom stereocenters. The molecule has 4 nitrogen and oxygen atoms in total. The van der Waals surface area contributed by atoms with E-state index >= 15 is 0 Å². The Bertz CT molecular complexity index is 489. The molecule has 1 rings (SSSR count). The molecule has 0 radical (unpaired) electrons.